The zero-order valence-electron chi connectivity index (χ0n) is 6.85. The van der Waals surface area contributed by atoms with Gasteiger partial charge in [0.25, 0.3) is 0 Å². The third-order valence-electron chi connectivity index (χ3n) is 1.82. The second-order valence-electron chi connectivity index (χ2n) is 3.22. The summed E-state index contributed by atoms with van der Waals surface area (Å²) in [5.41, 5.74) is 6.28. The Morgan fingerprint density at radius 1 is 1.40 bits per heavy atom. The first kappa shape index (κ1) is 7.98. The molecule has 0 radical (unpaired) electrons. The highest BCUT2D eigenvalue weighted by molar-refractivity contribution is 4.68. The minimum atomic E-state index is 0.830. The van der Waals surface area contributed by atoms with Crippen molar-refractivity contribution in [3.63, 3.8) is 0 Å². The Hall–Kier alpha value is -0.120. The molecule has 1 atom stereocenters. The van der Waals surface area contributed by atoms with Gasteiger partial charge in [0.2, 0.25) is 0 Å². The van der Waals surface area contributed by atoms with Crippen molar-refractivity contribution < 1.29 is 0 Å². The molecule has 0 aromatic heterocycles. The molecule has 0 aromatic rings. The fraction of sp³-hybridized carbons (Fsp3) is 1.00. The zero-order valence-corrected chi connectivity index (χ0v) is 6.85. The third kappa shape index (κ3) is 2.64. The molecule has 1 unspecified atom stereocenters. The van der Waals surface area contributed by atoms with Crippen LogP contribution in [0.15, 0.2) is 0 Å². The lowest BCUT2D eigenvalue weighted by atomic mass is 10.0. The van der Waals surface area contributed by atoms with Crippen LogP contribution in [0.25, 0.3) is 0 Å². The number of hydrogen-bond acceptors (Lipinski definition) is 3. The van der Waals surface area contributed by atoms with Gasteiger partial charge in [0, 0.05) is 19.6 Å². The first-order valence-corrected chi connectivity index (χ1v) is 3.89. The zero-order chi connectivity index (χ0) is 7.40. The smallest absolute Gasteiger partial charge is 0.0141 e. The fourth-order valence-electron chi connectivity index (χ4n) is 1.36. The Labute approximate surface area is 62.8 Å². The van der Waals surface area contributed by atoms with E-state index in [2.05, 4.69) is 29.8 Å². The molecule has 0 amide bonds. The van der Waals surface area contributed by atoms with Gasteiger partial charge in [-0.15, -0.1) is 0 Å². The molecular weight excluding hydrogens is 126 g/mol. The van der Waals surface area contributed by atoms with Gasteiger partial charge < -0.3 is 4.90 Å². The monoisotopic (exact) mass is 143 g/mol. The molecule has 1 heterocycles. The minimum Gasteiger partial charge on any atom is -0.309 e. The van der Waals surface area contributed by atoms with Crippen molar-refractivity contribution in [3.8, 4) is 0 Å². The van der Waals surface area contributed by atoms with E-state index < -0.39 is 0 Å². The van der Waals surface area contributed by atoms with E-state index in [1.807, 2.05) is 0 Å². The number of rotatable bonds is 2. The molecular formula is C7H17N3. The van der Waals surface area contributed by atoms with Gasteiger partial charge >= 0.3 is 0 Å². The van der Waals surface area contributed by atoms with Crippen LogP contribution in [0.1, 0.15) is 6.42 Å². The van der Waals surface area contributed by atoms with Gasteiger partial charge in [-0.1, -0.05) is 0 Å². The Bertz CT molecular complexity index is 86.9. The molecule has 0 saturated carbocycles. The average Bonchev–Trinajstić information content (AvgIpc) is 1.88. The molecule has 60 valence electrons. The first-order chi connectivity index (χ1) is 4.79. The van der Waals surface area contributed by atoms with E-state index in [-0.39, 0.29) is 0 Å². The summed E-state index contributed by atoms with van der Waals surface area (Å²) in [6, 6.07) is 0. The summed E-state index contributed by atoms with van der Waals surface area (Å²) in [6.07, 6.45) is 1.30. The maximum Gasteiger partial charge on any atom is 0.0141 e. The third-order valence-corrected chi connectivity index (χ3v) is 1.82. The van der Waals surface area contributed by atoms with Crippen molar-refractivity contribution in [1.29, 1.82) is 0 Å². The summed E-state index contributed by atoms with van der Waals surface area (Å²) in [5, 5.41) is 0. The lowest BCUT2D eigenvalue weighted by Crippen LogP contribution is -2.45. The molecule has 0 aromatic carbocycles. The first-order valence-electron chi connectivity index (χ1n) is 3.89. The largest absolute Gasteiger partial charge is 0.309 e. The van der Waals surface area contributed by atoms with Gasteiger partial charge in [-0.25, -0.2) is 0 Å². The van der Waals surface area contributed by atoms with Crippen molar-refractivity contribution in [2.24, 2.45) is 5.92 Å². The summed E-state index contributed by atoms with van der Waals surface area (Å²) in [7, 11) is 4.25. The van der Waals surface area contributed by atoms with Crippen molar-refractivity contribution in [3.05, 3.63) is 0 Å². The van der Waals surface area contributed by atoms with Crippen LogP contribution in [0.5, 0.6) is 0 Å². The Kier molecular flexibility index (Phi) is 3.12. The van der Waals surface area contributed by atoms with Crippen LogP contribution in [-0.4, -0.2) is 38.6 Å². The van der Waals surface area contributed by atoms with Gasteiger partial charge in [-0.05, 0) is 26.4 Å². The highest BCUT2D eigenvalue weighted by atomic mass is 15.4. The van der Waals surface area contributed by atoms with Gasteiger partial charge in [-0.3, -0.25) is 10.9 Å². The molecule has 0 aliphatic carbocycles. The van der Waals surface area contributed by atoms with Gasteiger partial charge in [0.15, 0.2) is 0 Å². The Morgan fingerprint density at radius 3 is 2.70 bits per heavy atom. The van der Waals surface area contributed by atoms with Gasteiger partial charge in [0.1, 0.15) is 0 Å². The highest BCUT2D eigenvalue weighted by Crippen LogP contribution is 2.03. The maximum atomic E-state index is 3.16. The Balaban J connectivity index is 2.13. The number of nitrogens with one attached hydrogen (secondary N) is 2. The average molecular weight is 143 g/mol. The quantitative estimate of drug-likeness (QED) is 0.554. The molecule has 0 bridgehead atoms. The standard InChI is InChI=1S/C7H17N3/c1-10(2)6-7-3-4-8-9-5-7/h7-9H,3-6H2,1-2H3. The van der Waals surface area contributed by atoms with Crippen LogP contribution < -0.4 is 10.9 Å². The van der Waals surface area contributed by atoms with Crippen LogP contribution in [-0.2, 0) is 0 Å². The SMILES string of the molecule is CN(C)CC1CCNNC1. The lowest BCUT2D eigenvalue weighted by Gasteiger charge is -2.25. The van der Waals surface area contributed by atoms with Crippen molar-refractivity contribution >= 4 is 0 Å². The molecule has 3 nitrogen and oxygen atoms in total. The van der Waals surface area contributed by atoms with Crippen molar-refractivity contribution in [1.82, 2.24) is 15.8 Å². The predicted molar refractivity (Wildman–Crippen MR) is 42.7 cm³/mol. The molecule has 0 spiro atoms. The van der Waals surface area contributed by atoms with Crippen LogP contribution in [0, 0.1) is 5.92 Å². The fourth-order valence-corrected chi connectivity index (χ4v) is 1.36. The molecule has 1 fully saturated rings. The van der Waals surface area contributed by atoms with Gasteiger partial charge in [0.05, 0.1) is 0 Å². The number of hydrogen-bond donors (Lipinski definition) is 2. The lowest BCUT2D eigenvalue weighted by molar-refractivity contribution is 0.259. The summed E-state index contributed by atoms with van der Waals surface area (Å²) in [6.45, 7) is 3.42. The van der Waals surface area contributed by atoms with E-state index in [1.165, 1.54) is 13.0 Å². The van der Waals surface area contributed by atoms with E-state index >= 15 is 0 Å². The van der Waals surface area contributed by atoms with Crippen molar-refractivity contribution in [2.45, 2.75) is 6.42 Å². The van der Waals surface area contributed by atoms with Crippen LogP contribution in [0.3, 0.4) is 0 Å². The molecule has 10 heavy (non-hydrogen) atoms. The second kappa shape index (κ2) is 3.91. The molecule has 3 heteroatoms. The van der Waals surface area contributed by atoms with E-state index in [1.54, 1.807) is 0 Å². The molecule has 1 aliphatic heterocycles. The number of hydrazine groups is 1. The maximum absolute atomic E-state index is 3.16. The highest BCUT2D eigenvalue weighted by Gasteiger charge is 2.12. The molecule has 2 N–H and O–H groups in total. The molecule has 1 saturated heterocycles. The van der Waals surface area contributed by atoms with Crippen LogP contribution in [0.2, 0.25) is 0 Å². The predicted octanol–water partition coefficient (Wildman–Crippen LogP) is -0.338. The van der Waals surface area contributed by atoms with Gasteiger partial charge in [-0.2, -0.15) is 0 Å². The van der Waals surface area contributed by atoms with E-state index in [9.17, 15) is 0 Å². The number of nitrogens with zero attached hydrogens (tertiary/aromatic N) is 1. The summed E-state index contributed by atoms with van der Waals surface area (Å²) < 4.78 is 0. The second-order valence-corrected chi connectivity index (χ2v) is 3.22. The summed E-state index contributed by atoms with van der Waals surface area (Å²) in [4.78, 5) is 2.25. The van der Waals surface area contributed by atoms with Crippen LogP contribution in [0.4, 0.5) is 0 Å². The normalized spacial score (nSPS) is 27.3. The molecule has 1 aliphatic rings. The minimum absolute atomic E-state index is 0.830. The van der Waals surface area contributed by atoms with Crippen molar-refractivity contribution in [2.75, 3.05) is 33.7 Å². The summed E-state index contributed by atoms with van der Waals surface area (Å²) >= 11 is 0. The van der Waals surface area contributed by atoms with E-state index in [4.69, 9.17) is 0 Å². The Morgan fingerprint density at radius 2 is 2.20 bits per heavy atom. The topological polar surface area (TPSA) is 27.3 Å². The van der Waals surface area contributed by atoms with E-state index in [0.29, 0.717) is 0 Å². The summed E-state index contributed by atoms with van der Waals surface area (Å²) in [5.74, 6) is 0.830. The van der Waals surface area contributed by atoms with Crippen LogP contribution >= 0.6 is 0 Å². The van der Waals surface area contributed by atoms with E-state index in [0.717, 1.165) is 19.0 Å². The molecule has 1 rings (SSSR count).